The molecule has 0 aromatic carbocycles. The summed E-state index contributed by atoms with van der Waals surface area (Å²) in [7, 11) is 1.66. The van der Waals surface area contributed by atoms with Gasteiger partial charge in [-0.3, -0.25) is 14.4 Å². The smallest absolute Gasteiger partial charge is 0.220 e. The van der Waals surface area contributed by atoms with Crippen LogP contribution in [0.1, 0.15) is 102 Å². The fourth-order valence-electron chi connectivity index (χ4n) is 1.82. The van der Waals surface area contributed by atoms with Crippen molar-refractivity contribution in [2.45, 2.75) is 114 Å². The van der Waals surface area contributed by atoms with Gasteiger partial charge < -0.3 is 15.4 Å². The molecule has 0 radical (unpaired) electrons. The highest BCUT2D eigenvalue weighted by molar-refractivity contribution is 5.88. The van der Waals surface area contributed by atoms with E-state index in [0.717, 1.165) is 0 Å². The van der Waals surface area contributed by atoms with E-state index in [0.29, 0.717) is 12.8 Å². The molecule has 0 aromatic heterocycles. The predicted molar refractivity (Wildman–Crippen MR) is 121 cm³/mol. The lowest BCUT2D eigenvalue weighted by Gasteiger charge is -2.17. The summed E-state index contributed by atoms with van der Waals surface area (Å²) in [6.45, 7) is 20.3. The third kappa shape index (κ3) is 26.7. The van der Waals surface area contributed by atoms with Crippen LogP contribution in [0.4, 0.5) is 0 Å². The monoisotopic (exact) mass is 404 g/mol. The fraction of sp³-hybridized carbons (Fsp3) is 0.818. The van der Waals surface area contributed by atoms with Gasteiger partial charge in [-0.05, 0) is 40.7 Å². The molecule has 0 aromatic rings. The summed E-state index contributed by atoms with van der Waals surface area (Å²) >= 11 is 0. The maximum atomic E-state index is 11.8. The van der Waals surface area contributed by atoms with Gasteiger partial charge in [0.15, 0.2) is 5.78 Å². The summed E-state index contributed by atoms with van der Waals surface area (Å²) < 4.78 is 0. The number of ketones is 3. The third-order valence-corrected chi connectivity index (χ3v) is 3.11. The van der Waals surface area contributed by atoms with Crippen molar-refractivity contribution < 1.29 is 19.2 Å². The van der Waals surface area contributed by atoms with Gasteiger partial charge in [-0.15, -0.1) is 0 Å². The minimum absolute atomic E-state index is 0.0164. The number of Topliss-reactive ketones (excluding diaryl/α,β-unsaturated/α-hetero) is 3. The largest absolute Gasteiger partial charge is 0.346 e. The molecule has 0 spiro atoms. The number of rotatable bonds is 10. The van der Waals surface area contributed by atoms with Crippen LogP contribution in [0.3, 0.4) is 0 Å². The van der Waals surface area contributed by atoms with Gasteiger partial charge in [0, 0.05) is 12.8 Å². The topological polar surface area (TPSA) is 92.3 Å². The summed E-state index contributed by atoms with van der Waals surface area (Å²) in [6.07, 6.45) is 1.12. The van der Waals surface area contributed by atoms with Crippen molar-refractivity contribution in [1.29, 1.82) is 0 Å². The molecule has 0 saturated heterocycles. The number of hydrogen-bond donors (Lipinski definition) is 2. The molecule has 0 bridgehead atoms. The molecule has 2 unspecified atom stereocenters. The Balaban J connectivity index is -0.000000194. The number of carbonyl (C=O) groups excluding carboxylic acids is 4. The first-order chi connectivity index (χ1) is 13.3. The molecule has 0 rings (SSSR count). The number of nitrogens with one attached hydrogen (secondary N) is 2. The number of carbonyl (C=O) groups is 4. The van der Waals surface area contributed by atoms with Gasteiger partial charge in [-0.1, -0.05) is 55.4 Å². The zero-order chi connectivity index (χ0) is 23.7. The summed E-state index contributed by atoms with van der Waals surface area (Å²) in [5.74, 6) is -0.496. The molecular weight excluding hydrogens is 356 g/mol. The van der Waals surface area contributed by atoms with Crippen LogP contribution >= 0.6 is 0 Å². The van der Waals surface area contributed by atoms with Crippen molar-refractivity contribution in [3.8, 4) is 0 Å². The fourth-order valence-corrected chi connectivity index (χ4v) is 1.82. The zero-order valence-electron chi connectivity index (χ0n) is 20.6. The van der Waals surface area contributed by atoms with E-state index in [9.17, 15) is 19.2 Å². The van der Waals surface area contributed by atoms with Gasteiger partial charge in [-0.2, -0.15) is 0 Å². The molecule has 6 heteroatoms. The van der Waals surface area contributed by atoms with Crippen LogP contribution < -0.4 is 10.6 Å². The minimum Gasteiger partial charge on any atom is -0.346 e. The van der Waals surface area contributed by atoms with Gasteiger partial charge in [0.2, 0.25) is 5.91 Å². The molecule has 0 heterocycles. The molecular formula is C22H48N2O4. The average molecular weight is 405 g/mol. The first-order valence-electron chi connectivity index (χ1n) is 10.7. The highest BCUT2D eigenvalue weighted by Gasteiger charge is 2.19. The second kappa shape index (κ2) is 30.2. The van der Waals surface area contributed by atoms with E-state index in [1.807, 2.05) is 55.4 Å². The second-order valence-corrected chi connectivity index (χ2v) is 4.96. The van der Waals surface area contributed by atoms with E-state index in [1.54, 1.807) is 7.05 Å². The quantitative estimate of drug-likeness (QED) is 0.559. The summed E-state index contributed by atoms with van der Waals surface area (Å²) in [5.41, 5.74) is 0. The standard InChI is InChI=1S/C14H24N2O4.4C2H6/c1-9(17)5-6-13(11(3)19)16-14(20)8-7-12(15-4)10(2)18;4*1-2/h12-13,15H,5-8H2,1-4H3,(H,16,20);4*1-2H3. The lowest BCUT2D eigenvalue weighted by atomic mass is 10.0. The van der Waals surface area contributed by atoms with Crippen molar-refractivity contribution in [3.05, 3.63) is 0 Å². The number of likely N-dealkylation sites (N-methyl/N-ethyl adjacent to an activating group) is 1. The van der Waals surface area contributed by atoms with Gasteiger partial charge in [-0.25, -0.2) is 0 Å². The predicted octanol–water partition coefficient (Wildman–Crippen LogP) is 4.49. The molecule has 2 N–H and O–H groups in total. The number of amides is 1. The first-order valence-corrected chi connectivity index (χ1v) is 10.7. The molecule has 0 saturated carbocycles. The van der Waals surface area contributed by atoms with E-state index in [1.165, 1.54) is 20.8 Å². The Hall–Kier alpha value is -1.56. The third-order valence-electron chi connectivity index (χ3n) is 3.11. The van der Waals surface area contributed by atoms with Crippen LogP contribution in [0.5, 0.6) is 0 Å². The Bertz CT molecular complexity index is 383. The van der Waals surface area contributed by atoms with E-state index in [2.05, 4.69) is 10.6 Å². The van der Waals surface area contributed by atoms with Gasteiger partial charge >= 0.3 is 0 Å². The van der Waals surface area contributed by atoms with Crippen molar-refractivity contribution in [2.24, 2.45) is 0 Å². The second-order valence-electron chi connectivity index (χ2n) is 4.96. The van der Waals surface area contributed by atoms with E-state index < -0.39 is 6.04 Å². The molecule has 2 atom stereocenters. The Morgan fingerprint density at radius 1 is 0.643 bits per heavy atom. The van der Waals surface area contributed by atoms with Gasteiger partial charge in [0.1, 0.15) is 11.6 Å². The normalized spacial score (nSPS) is 10.4. The summed E-state index contributed by atoms with van der Waals surface area (Å²) in [4.78, 5) is 45.3. The van der Waals surface area contributed by atoms with E-state index in [-0.39, 0.29) is 42.1 Å². The molecule has 0 aliphatic rings. The van der Waals surface area contributed by atoms with E-state index in [4.69, 9.17) is 0 Å². The molecule has 170 valence electrons. The van der Waals surface area contributed by atoms with Crippen LogP contribution in [0.15, 0.2) is 0 Å². The Labute approximate surface area is 174 Å². The van der Waals surface area contributed by atoms with E-state index >= 15 is 0 Å². The molecule has 0 aliphatic carbocycles. The van der Waals surface area contributed by atoms with Crippen molar-refractivity contribution in [2.75, 3.05) is 7.05 Å². The van der Waals surface area contributed by atoms with Crippen LogP contribution in [0.25, 0.3) is 0 Å². The minimum atomic E-state index is -0.628. The first kappa shape index (κ1) is 37.2. The lowest BCUT2D eigenvalue weighted by Crippen LogP contribution is -2.41. The highest BCUT2D eigenvalue weighted by atomic mass is 16.2. The Morgan fingerprint density at radius 2 is 1.00 bits per heavy atom. The van der Waals surface area contributed by atoms with Crippen LogP contribution in [0, 0.1) is 0 Å². The SMILES string of the molecule is CC.CC.CC.CC.CNC(CCC(=O)NC(CCC(C)=O)C(C)=O)C(C)=O. The van der Waals surface area contributed by atoms with Crippen LogP contribution in [-0.4, -0.2) is 42.4 Å². The highest BCUT2D eigenvalue weighted by Crippen LogP contribution is 2.03. The van der Waals surface area contributed by atoms with Crippen molar-refractivity contribution in [1.82, 2.24) is 10.6 Å². The Morgan fingerprint density at radius 3 is 1.29 bits per heavy atom. The van der Waals surface area contributed by atoms with Gasteiger partial charge in [0.05, 0.1) is 12.1 Å². The van der Waals surface area contributed by atoms with Crippen LogP contribution in [0.2, 0.25) is 0 Å². The molecule has 28 heavy (non-hydrogen) atoms. The van der Waals surface area contributed by atoms with Crippen molar-refractivity contribution in [3.63, 3.8) is 0 Å². The molecule has 0 fully saturated rings. The summed E-state index contributed by atoms with van der Waals surface area (Å²) in [6, 6.07) is -0.981. The van der Waals surface area contributed by atoms with Crippen LogP contribution in [-0.2, 0) is 19.2 Å². The average Bonchev–Trinajstić information content (AvgIpc) is 2.71. The zero-order valence-corrected chi connectivity index (χ0v) is 20.6. The summed E-state index contributed by atoms with van der Waals surface area (Å²) in [5, 5.41) is 5.44. The number of hydrogen-bond acceptors (Lipinski definition) is 5. The lowest BCUT2D eigenvalue weighted by molar-refractivity contribution is -0.128. The molecule has 0 aliphatic heterocycles. The maximum Gasteiger partial charge on any atom is 0.220 e. The maximum absolute atomic E-state index is 11.8. The molecule has 1 amide bonds. The molecule has 6 nitrogen and oxygen atoms in total. The Kier molecular flexibility index (Phi) is 40.1. The van der Waals surface area contributed by atoms with Gasteiger partial charge in [0.25, 0.3) is 0 Å². The van der Waals surface area contributed by atoms with Crippen molar-refractivity contribution >= 4 is 23.3 Å².